The number of benzene rings is 1. The van der Waals surface area contributed by atoms with Crippen LogP contribution in [0.25, 0.3) is 0 Å². The zero-order valence-corrected chi connectivity index (χ0v) is 14.7. The van der Waals surface area contributed by atoms with E-state index in [1.807, 2.05) is 30.3 Å². The predicted octanol–water partition coefficient (Wildman–Crippen LogP) is 4.86. The highest BCUT2D eigenvalue weighted by Gasteiger charge is 2.40. The molecule has 0 aliphatic heterocycles. The molecule has 1 rings (SSSR count). The molecule has 0 aliphatic rings. The number of hydrogen-bond donors (Lipinski definition) is 1. The number of hydrogen-bond acceptors (Lipinski definition) is 2. The molecule has 0 amide bonds. The fraction of sp³-hybridized carbons (Fsp3) is 0.500. The van der Waals surface area contributed by atoms with Gasteiger partial charge in [0.1, 0.15) is 6.10 Å². The predicted molar refractivity (Wildman–Crippen MR) is 88.5 cm³/mol. The van der Waals surface area contributed by atoms with Gasteiger partial charge in [-0.15, -0.1) is 0 Å². The molecule has 2 atom stereocenters. The van der Waals surface area contributed by atoms with E-state index in [9.17, 15) is 5.11 Å². The Kier molecular flexibility index (Phi) is 6.01. The van der Waals surface area contributed by atoms with Gasteiger partial charge in [-0.25, -0.2) is 0 Å². The SMILES string of the molecule is CC(C)(C)[Si](C)(C)O[C@@H](/C=C/Cl)[C@@H](O)c1ccccc1. The number of halogens is 1. The van der Waals surface area contributed by atoms with Crippen molar-refractivity contribution in [2.45, 2.75) is 51.1 Å². The van der Waals surface area contributed by atoms with Crippen LogP contribution in [0.15, 0.2) is 41.9 Å². The van der Waals surface area contributed by atoms with Gasteiger partial charge in [0.15, 0.2) is 8.32 Å². The standard InChI is InChI=1S/C16H25ClO2Si/c1-16(2,3)20(4,5)19-14(11-12-17)15(18)13-9-7-6-8-10-13/h6-12,14-15,18H,1-5H3/b12-11+/t14-,15-/m0/s1. The summed E-state index contributed by atoms with van der Waals surface area (Å²) < 4.78 is 6.28. The van der Waals surface area contributed by atoms with E-state index in [-0.39, 0.29) is 5.04 Å². The molecule has 0 bridgehead atoms. The summed E-state index contributed by atoms with van der Waals surface area (Å²) in [5.74, 6) is 0. The van der Waals surface area contributed by atoms with Crippen LogP contribution in [-0.4, -0.2) is 19.5 Å². The topological polar surface area (TPSA) is 29.5 Å². The van der Waals surface area contributed by atoms with Crippen LogP contribution in [0, 0.1) is 0 Å². The maximum Gasteiger partial charge on any atom is 0.193 e. The third kappa shape index (κ3) is 4.45. The van der Waals surface area contributed by atoms with Gasteiger partial charge in [-0.3, -0.25) is 0 Å². The van der Waals surface area contributed by atoms with Gasteiger partial charge in [0, 0.05) is 5.54 Å². The summed E-state index contributed by atoms with van der Waals surface area (Å²) in [6, 6.07) is 9.54. The van der Waals surface area contributed by atoms with Crippen LogP contribution in [-0.2, 0) is 4.43 Å². The first-order chi connectivity index (χ1) is 9.19. The minimum Gasteiger partial charge on any atom is -0.407 e. The van der Waals surface area contributed by atoms with Crippen LogP contribution < -0.4 is 0 Å². The van der Waals surface area contributed by atoms with Crippen molar-refractivity contribution < 1.29 is 9.53 Å². The third-order valence-corrected chi connectivity index (χ3v) is 8.57. The maximum atomic E-state index is 10.5. The molecule has 0 fully saturated rings. The molecule has 1 aromatic carbocycles. The summed E-state index contributed by atoms with van der Waals surface area (Å²) in [5, 5.41) is 10.6. The molecule has 0 aromatic heterocycles. The lowest BCUT2D eigenvalue weighted by molar-refractivity contribution is 0.0551. The van der Waals surface area contributed by atoms with Gasteiger partial charge >= 0.3 is 0 Å². The second-order valence-corrected chi connectivity index (χ2v) is 11.5. The van der Waals surface area contributed by atoms with Gasteiger partial charge in [-0.2, -0.15) is 0 Å². The van der Waals surface area contributed by atoms with Crippen LogP contribution in [0.3, 0.4) is 0 Å². The van der Waals surface area contributed by atoms with E-state index in [4.69, 9.17) is 16.0 Å². The Morgan fingerprint density at radius 3 is 2.20 bits per heavy atom. The number of aliphatic hydroxyl groups excluding tert-OH is 1. The van der Waals surface area contributed by atoms with Gasteiger partial charge in [0.05, 0.1) is 6.10 Å². The van der Waals surface area contributed by atoms with E-state index < -0.39 is 20.5 Å². The first kappa shape index (κ1) is 17.4. The second-order valence-electron chi connectivity index (χ2n) is 6.52. The van der Waals surface area contributed by atoms with Crippen molar-refractivity contribution >= 4 is 19.9 Å². The zero-order chi connectivity index (χ0) is 15.4. The Hall–Kier alpha value is -0.613. The average Bonchev–Trinajstić information content (AvgIpc) is 2.37. The smallest absolute Gasteiger partial charge is 0.193 e. The van der Waals surface area contributed by atoms with Gasteiger partial charge in [0.25, 0.3) is 0 Å². The first-order valence-corrected chi connectivity index (χ1v) is 10.2. The van der Waals surface area contributed by atoms with E-state index >= 15 is 0 Å². The van der Waals surface area contributed by atoms with Crippen molar-refractivity contribution in [3.63, 3.8) is 0 Å². The summed E-state index contributed by atoms with van der Waals surface area (Å²) in [5.41, 5.74) is 2.26. The monoisotopic (exact) mass is 312 g/mol. The fourth-order valence-corrected chi connectivity index (χ4v) is 3.02. The van der Waals surface area contributed by atoms with E-state index in [1.165, 1.54) is 5.54 Å². The van der Waals surface area contributed by atoms with Crippen molar-refractivity contribution in [1.29, 1.82) is 0 Å². The van der Waals surface area contributed by atoms with Crippen molar-refractivity contribution in [3.8, 4) is 0 Å². The molecule has 0 aliphatic carbocycles. The minimum absolute atomic E-state index is 0.0851. The molecular weight excluding hydrogens is 288 g/mol. The van der Waals surface area contributed by atoms with Crippen LogP contribution in [0.1, 0.15) is 32.4 Å². The second kappa shape index (κ2) is 6.90. The van der Waals surface area contributed by atoms with Crippen molar-refractivity contribution in [1.82, 2.24) is 0 Å². The molecule has 0 spiro atoms. The molecule has 20 heavy (non-hydrogen) atoms. The summed E-state index contributed by atoms with van der Waals surface area (Å²) in [4.78, 5) is 0. The molecule has 0 heterocycles. The number of aliphatic hydroxyl groups is 1. The maximum absolute atomic E-state index is 10.5. The molecule has 1 aromatic rings. The highest BCUT2D eigenvalue weighted by Crippen LogP contribution is 2.39. The lowest BCUT2D eigenvalue weighted by Gasteiger charge is -2.39. The van der Waals surface area contributed by atoms with Gasteiger partial charge < -0.3 is 9.53 Å². The largest absolute Gasteiger partial charge is 0.407 e. The molecule has 0 saturated heterocycles. The van der Waals surface area contributed by atoms with E-state index in [2.05, 4.69) is 33.9 Å². The molecule has 0 saturated carbocycles. The number of rotatable bonds is 5. The first-order valence-electron chi connectivity index (χ1n) is 6.87. The Balaban J connectivity index is 2.96. The van der Waals surface area contributed by atoms with Crippen LogP contribution in [0.2, 0.25) is 18.1 Å². The van der Waals surface area contributed by atoms with Crippen molar-refractivity contribution in [2.75, 3.05) is 0 Å². The highest BCUT2D eigenvalue weighted by atomic mass is 35.5. The minimum atomic E-state index is -1.97. The Labute approximate surface area is 128 Å². The zero-order valence-electron chi connectivity index (χ0n) is 12.9. The van der Waals surface area contributed by atoms with Crippen molar-refractivity contribution in [2.24, 2.45) is 0 Å². The molecule has 2 nitrogen and oxygen atoms in total. The summed E-state index contributed by atoms with van der Waals surface area (Å²) in [6.45, 7) is 10.9. The Bertz CT molecular complexity index is 438. The molecule has 112 valence electrons. The van der Waals surface area contributed by atoms with Crippen LogP contribution in [0.5, 0.6) is 0 Å². The summed E-state index contributed by atoms with van der Waals surface area (Å²) in [6.07, 6.45) is 0.593. The Morgan fingerprint density at radius 1 is 1.20 bits per heavy atom. The Morgan fingerprint density at radius 2 is 1.75 bits per heavy atom. The molecule has 4 heteroatoms. The summed E-state index contributed by atoms with van der Waals surface area (Å²) in [7, 11) is -1.97. The van der Waals surface area contributed by atoms with Gasteiger partial charge in [-0.05, 0) is 29.8 Å². The van der Waals surface area contributed by atoms with Gasteiger partial charge in [0.2, 0.25) is 0 Å². The van der Waals surface area contributed by atoms with E-state index in [1.54, 1.807) is 6.08 Å². The summed E-state index contributed by atoms with van der Waals surface area (Å²) >= 11 is 5.71. The highest BCUT2D eigenvalue weighted by molar-refractivity contribution is 6.74. The fourth-order valence-electron chi connectivity index (χ4n) is 1.64. The van der Waals surface area contributed by atoms with Crippen LogP contribution in [0.4, 0.5) is 0 Å². The van der Waals surface area contributed by atoms with E-state index in [0.717, 1.165) is 5.56 Å². The van der Waals surface area contributed by atoms with Crippen LogP contribution >= 0.6 is 11.6 Å². The molecule has 1 N–H and O–H groups in total. The van der Waals surface area contributed by atoms with Crippen molar-refractivity contribution in [3.05, 3.63) is 47.5 Å². The van der Waals surface area contributed by atoms with Gasteiger partial charge in [-0.1, -0.05) is 62.7 Å². The molecule has 0 unspecified atom stereocenters. The molecule has 0 radical (unpaired) electrons. The van der Waals surface area contributed by atoms with E-state index in [0.29, 0.717) is 0 Å². The average molecular weight is 313 g/mol. The third-order valence-electron chi connectivity index (χ3n) is 3.95. The lowest BCUT2D eigenvalue weighted by atomic mass is 10.1. The lowest BCUT2D eigenvalue weighted by Crippen LogP contribution is -2.44. The molecular formula is C16H25ClO2Si. The normalized spacial score (nSPS) is 16.4. The quantitative estimate of drug-likeness (QED) is 0.786.